The van der Waals surface area contributed by atoms with E-state index in [0.717, 1.165) is 14.9 Å². The minimum atomic E-state index is -3.77. The Kier molecular flexibility index (Phi) is 5.03. The van der Waals surface area contributed by atoms with E-state index in [1.165, 1.54) is 30.6 Å². The molecule has 0 bridgehead atoms. The Labute approximate surface area is 175 Å². The number of thiophene rings is 1. The van der Waals surface area contributed by atoms with Gasteiger partial charge in [-0.15, -0.1) is 11.3 Å². The highest BCUT2D eigenvalue weighted by Gasteiger charge is 2.34. The monoisotopic (exact) mass is 477 g/mol. The Morgan fingerprint density at radius 2 is 1.79 bits per heavy atom. The number of sulfone groups is 1. The fourth-order valence-corrected chi connectivity index (χ4v) is 6.42. The number of halogens is 1. The lowest BCUT2D eigenvalue weighted by atomic mass is 9.91. The molecule has 0 aliphatic carbocycles. The summed E-state index contributed by atoms with van der Waals surface area (Å²) in [5.41, 5.74) is 1.37. The van der Waals surface area contributed by atoms with Crippen LogP contribution in [-0.2, 0) is 14.6 Å². The van der Waals surface area contributed by atoms with E-state index < -0.39 is 9.84 Å². The maximum absolute atomic E-state index is 13.2. The zero-order chi connectivity index (χ0) is 19.9. The van der Waals surface area contributed by atoms with E-state index in [1.54, 1.807) is 17.5 Å². The molecule has 0 fully saturated rings. The topological polar surface area (TPSA) is 72.5 Å². The number of fused-ring (bicyclic) bond motifs is 1. The zero-order valence-electron chi connectivity index (χ0n) is 14.8. The van der Waals surface area contributed by atoms with Crippen LogP contribution in [0.5, 0.6) is 5.75 Å². The van der Waals surface area contributed by atoms with E-state index in [1.807, 2.05) is 24.3 Å². The molecule has 1 N–H and O–H groups in total. The van der Waals surface area contributed by atoms with Crippen molar-refractivity contribution in [2.24, 2.45) is 0 Å². The Hall–Kier alpha value is -2.16. The molecule has 1 aliphatic heterocycles. The predicted molar refractivity (Wildman–Crippen MR) is 112 cm³/mol. The van der Waals surface area contributed by atoms with E-state index in [-0.39, 0.29) is 28.0 Å². The molecule has 0 saturated heterocycles. The molecule has 4 rings (SSSR count). The summed E-state index contributed by atoms with van der Waals surface area (Å²) in [4.78, 5) is 13.5. The van der Waals surface area contributed by atoms with Crippen LogP contribution in [0.25, 0.3) is 0 Å². The molecule has 2 heterocycles. The molecule has 1 aliphatic rings. The lowest BCUT2D eigenvalue weighted by Crippen LogP contribution is -2.23. The summed E-state index contributed by atoms with van der Waals surface area (Å²) in [6, 6.07) is 14.0. The first-order valence-electron chi connectivity index (χ1n) is 8.46. The summed E-state index contributed by atoms with van der Waals surface area (Å²) in [6.07, 6.45) is 0.289. The van der Waals surface area contributed by atoms with Gasteiger partial charge >= 0.3 is 0 Å². The normalized spacial score (nSPS) is 16.4. The first-order chi connectivity index (χ1) is 13.4. The SMILES string of the molecule is COc1ccc(S(=O)(=O)c2csc3c2NC(=O)C[C@H]3c2ccc(Br)cc2)cc1. The van der Waals surface area contributed by atoms with Crippen molar-refractivity contribution >= 4 is 48.7 Å². The third kappa shape index (κ3) is 3.36. The van der Waals surface area contributed by atoms with Gasteiger partial charge in [0.2, 0.25) is 15.7 Å². The van der Waals surface area contributed by atoms with E-state index in [2.05, 4.69) is 21.2 Å². The summed E-state index contributed by atoms with van der Waals surface area (Å²) in [6.45, 7) is 0. The van der Waals surface area contributed by atoms with E-state index in [9.17, 15) is 13.2 Å². The van der Waals surface area contributed by atoms with Crippen LogP contribution in [0.3, 0.4) is 0 Å². The van der Waals surface area contributed by atoms with E-state index >= 15 is 0 Å². The molecule has 1 aromatic heterocycles. The van der Waals surface area contributed by atoms with Gasteiger partial charge in [-0.25, -0.2) is 8.42 Å². The summed E-state index contributed by atoms with van der Waals surface area (Å²) in [5, 5.41) is 4.39. The van der Waals surface area contributed by atoms with Crippen LogP contribution in [0.1, 0.15) is 22.8 Å². The first-order valence-corrected chi connectivity index (χ1v) is 11.6. The Morgan fingerprint density at radius 1 is 1.11 bits per heavy atom. The zero-order valence-corrected chi connectivity index (χ0v) is 18.0. The average Bonchev–Trinajstić information content (AvgIpc) is 3.12. The summed E-state index contributed by atoms with van der Waals surface area (Å²) >= 11 is 4.77. The van der Waals surface area contributed by atoms with Crippen LogP contribution < -0.4 is 10.1 Å². The standard InChI is InChI=1S/C20H16BrNO4S2/c1-26-14-6-8-15(9-7-14)28(24,25)17-11-27-20-16(10-18(23)22-19(17)20)12-2-4-13(21)5-3-12/h2-9,11,16H,10H2,1H3,(H,22,23)/t16-/m0/s1. The van der Waals surface area contributed by atoms with Crippen LogP contribution in [0.2, 0.25) is 0 Å². The molecule has 0 saturated carbocycles. The van der Waals surface area contributed by atoms with Crippen molar-refractivity contribution in [1.29, 1.82) is 0 Å². The minimum Gasteiger partial charge on any atom is -0.497 e. The summed E-state index contributed by atoms with van der Waals surface area (Å²) in [5.74, 6) is 0.224. The molecule has 3 aromatic rings. The second kappa shape index (κ2) is 7.35. The van der Waals surface area contributed by atoms with E-state index in [4.69, 9.17) is 4.74 Å². The third-order valence-electron chi connectivity index (χ3n) is 4.69. The number of hydrogen-bond donors (Lipinski definition) is 1. The van der Waals surface area contributed by atoms with Crippen LogP contribution in [0.15, 0.2) is 68.2 Å². The van der Waals surface area contributed by atoms with Gasteiger partial charge in [-0.2, -0.15) is 0 Å². The lowest BCUT2D eigenvalue weighted by molar-refractivity contribution is -0.116. The van der Waals surface area contributed by atoms with Gasteiger partial charge in [0.1, 0.15) is 10.6 Å². The first kappa shape index (κ1) is 19.2. The van der Waals surface area contributed by atoms with Gasteiger partial charge in [-0.05, 0) is 42.0 Å². The predicted octanol–water partition coefficient (Wildman–Crippen LogP) is 4.83. The number of methoxy groups -OCH3 is 1. The van der Waals surface area contributed by atoms with Crippen LogP contribution in [-0.4, -0.2) is 21.4 Å². The molecule has 5 nitrogen and oxygen atoms in total. The van der Waals surface area contributed by atoms with Gasteiger partial charge in [-0.3, -0.25) is 4.79 Å². The minimum absolute atomic E-state index is 0.132. The number of anilines is 1. The Balaban J connectivity index is 1.79. The maximum Gasteiger partial charge on any atom is 0.225 e. The summed E-state index contributed by atoms with van der Waals surface area (Å²) < 4.78 is 32.4. The van der Waals surface area contributed by atoms with Gasteiger partial charge in [0, 0.05) is 27.1 Å². The highest BCUT2D eigenvalue weighted by molar-refractivity contribution is 9.10. The number of nitrogens with one attached hydrogen (secondary N) is 1. The van der Waals surface area contributed by atoms with E-state index in [0.29, 0.717) is 11.4 Å². The third-order valence-corrected chi connectivity index (χ3v) is 8.26. The number of amides is 1. The van der Waals surface area contributed by atoms with Crippen LogP contribution >= 0.6 is 27.3 Å². The number of rotatable bonds is 4. The molecule has 28 heavy (non-hydrogen) atoms. The second-order valence-corrected chi connectivity index (χ2v) is 10.1. The van der Waals surface area contributed by atoms with Gasteiger partial charge < -0.3 is 10.1 Å². The maximum atomic E-state index is 13.2. The molecular formula is C20H16BrNO4S2. The molecule has 0 spiro atoms. The number of benzene rings is 2. The quantitative estimate of drug-likeness (QED) is 0.584. The number of hydrogen-bond acceptors (Lipinski definition) is 5. The number of carbonyl (C=O) groups is 1. The molecule has 1 amide bonds. The van der Waals surface area contributed by atoms with Crippen molar-refractivity contribution < 1.29 is 17.9 Å². The Morgan fingerprint density at radius 3 is 2.43 bits per heavy atom. The highest BCUT2D eigenvalue weighted by Crippen LogP contribution is 2.46. The Bertz CT molecular complexity index is 1140. The second-order valence-electron chi connectivity index (χ2n) is 6.37. The number of ether oxygens (including phenoxy) is 1. The largest absolute Gasteiger partial charge is 0.497 e. The van der Waals surface area contributed by atoms with Crippen molar-refractivity contribution in [3.63, 3.8) is 0 Å². The molecule has 0 radical (unpaired) electrons. The molecule has 0 unspecified atom stereocenters. The van der Waals surface area contributed by atoms with Crippen LogP contribution in [0.4, 0.5) is 5.69 Å². The number of carbonyl (C=O) groups excluding carboxylic acids is 1. The lowest BCUT2D eigenvalue weighted by Gasteiger charge is -2.23. The molecular weight excluding hydrogens is 462 g/mol. The van der Waals surface area contributed by atoms with Gasteiger partial charge in [0.05, 0.1) is 17.7 Å². The van der Waals surface area contributed by atoms with Crippen molar-refractivity contribution in [3.8, 4) is 5.75 Å². The molecule has 1 atom stereocenters. The fraction of sp³-hybridized carbons (Fsp3) is 0.150. The smallest absolute Gasteiger partial charge is 0.225 e. The fourth-order valence-electron chi connectivity index (χ4n) is 3.25. The molecule has 8 heteroatoms. The highest BCUT2D eigenvalue weighted by atomic mass is 79.9. The average molecular weight is 478 g/mol. The van der Waals surface area contributed by atoms with Gasteiger partial charge in [-0.1, -0.05) is 28.1 Å². The summed E-state index contributed by atoms with van der Waals surface area (Å²) in [7, 11) is -2.24. The van der Waals surface area contributed by atoms with Crippen molar-refractivity contribution in [2.75, 3.05) is 12.4 Å². The van der Waals surface area contributed by atoms with Crippen molar-refractivity contribution in [1.82, 2.24) is 0 Å². The molecule has 144 valence electrons. The van der Waals surface area contributed by atoms with Gasteiger partial charge in [0.25, 0.3) is 0 Å². The molecule has 2 aromatic carbocycles. The van der Waals surface area contributed by atoms with Crippen molar-refractivity contribution in [2.45, 2.75) is 22.1 Å². The van der Waals surface area contributed by atoms with Crippen molar-refractivity contribution in [3.05, 3.63) is 68.8 Å². The van der Waals surface area contributed by atoms with Gasteiger partial charge in [0.15, 0.2) is 0 Å². The van der Waals surface area contributed by atoms with Crippen LogP contribution in [0, 0.1) is 0 Å².